The van der Waals surface area contributed by atoms with Gasteiger partial charge in [0.2, 0.25) is 0 Å². The number of rotatable bonds is 7. The van der Waals surface area contributed by atoms with Crippen LogP contribution in [0.2, 0.25) is 0 Å². The summed E-state index contributed by atoms with van der Waals surface area (Å²) in [7, 11) is 3.02. The van der Waals surface area contributed by atoms with Crippen molar-refractivity contribution in [3.63, 3.8) is 0 Å². The molecule has 0 aliphatic rings. The van der Waals surface area contributed by atoms with Gasteiger partial charge in [-0.2, -0.15) is 5.10 Å². The minimum absolute atomic E-state index is 0.294. The molecule has 0 saturated carbocycles. The van der Waals surface area contributed by atoms with Crippen LogP contribution in [0.1, 0.15) is 26.3 Å². The number of hydrogen-bond acceptors (Lipinski definition) is 6. The van der Waals surface area contributed by atoms with Crippen LogP contribution in [0, 0.1) is 0 Å². The Morgan fingerprint density at radius 3 is 2.13 bits per heavy atom. The van der Waals surface area contributed by atoms with E-state index < -0.39 is 5.97 Å². The molecule has 0 radical (unpaired) electrons. The maximum atomic E-state index is 13.0. The van der Waals surface area contributed by atoms with E-state index in [1.807, 2.05) is 66.7 Å². The van der Waals surface area contributed by atoms with Crippen molar-refractivity contribution >= 4 is 39.6 Å². The maximum absolute atomic E-state index is 13.0. The molecule has 5 rings (SSSR count). The minimum Gasteiger partial charge on any atom is -0.493 e. The van der Waals surface area contributed by atoms with Gasteiger partial charge < -0.3 is 14.2 Å². The Bertz CT molecular complexity index is 1690. The van der Waals surface area contributed by atoms with Crippen molar-refractivity contribution in [2.24, 2.45) is 5.10 Å². The number of carbonyl (C=O) groups is 2. The quantitative estimate of drug-likeness (QED) is 0.127. The van der Waals surface area contributed by atoms with E-state index in [2.05, 4.69) is 10.5 Å². The summed E-state index contributed by atoms with van der Waals surface area (Å²) in [6, 6.07) is 29.2. The van der Waals surface area contributed by atoms with E-state index in [0.29, 0.717) is 33.9 Å². The van der Waals surface area contributed by atoms with Gasteiger partial charge in [-0.15, -0.1) is 0 Å². The highest BCUT2D eigenvalue weighted by Gasteiger charge is 2.16. The number of ether oxygens (including phenoxy) is 3. The van der Waals surface area contributed by atoms with E-state index in [1.165, 1.54) is 20.4 Å². The highest BCUT2D eigenvalue weighted by molar-refractivity contribution is 6.08. The second kappa shape index (κ2) is 10.8. The molecule has 5 aromatic carbocycles. The zero-order chi connectivity index (χ0) is 26.5. The lowest BCUT2D eigenvalue weighted by atomic mass is 10.0. The largest absolute Gasteiger partial charge is 0.493 e. The standard InChI is InChI=1S/C31H24N2O5/c1-36-28-17-15-22(18-29(28)37-2)31(35)38-27-16-14-21-9-4-6-12-24(21)26(27)19-32-33-30(34)25-13-7-10-20-8-3-5-11-23(20)25/h3-19H,1-2H3,(H,33,34)/b32-19-. The van der Waals surface area contributed by atoms with Crippen molar-refractivity contribution in [1.82, 2.24) is 5.43 Å². The number of hydrogen-bond donors (Lipinski definition) is 1. The predicted molar refractivity (Wildman–Crippen MR) is 147 cm³/mol. The van der Waals surface area contributed by atoms with E-state index in [4.69, 9.17) is 14.2 Å². The number of hydrazone groups is 1. The lowest BCUT2D eigenvalue weighted by molar-refractivity contribution is 0.0734. The molecule has 0 heterocycles. The zero-order valence-electron chi connectivity index (χ0n) is 20.8. The summed E-state index contributed by atoms with van der Waals surface area (Å²) in [4.78, 5) is 26.0. The SMILES string of the molecule is COc1ccc(C(=O)Oc2ccc3ccccc3c2/C=N\NC(=O)c2cccc3ccccc23)cc1OC. The molecule has 0 bridgehead atoms. The average molecular weight is 505 g/mol. The second-order valence-corrected chi connectivity index (χ2v) is 8.38. The maximum Gasteiger partial charge on any atom is 0.343 e. The van der Waals surface area contributed by atoms with Crippen LogP contribution in [-0.2, 0) is 0 Å². The Morgan fingerprint density at radius 1 is 0.711 bits per heavy atom. The number of esters is 1. The van der Waals surface area contributed by atoms with Crippen molar-refractivity contribution < 1.29 is 23.8 Å². The van der Waals surface area contributed by atoms with E-state index in [9.17, 15) is 9.59 Å². The normalized spacial score (nSPS) is 11.0. The third-order valence-corrected chi connectivity index (χ3v) is 6.15. The Hall–Kier alpha value is -5.17. The summed E-state index contributed by atoms with van der Waals surface area (Å²) >= 11 is 0. The zero-order valence-corrected chi connectivity index (χ0v) is 20.8. The lowest BCUT2D eigenvalue weighted by Crippen LogP contribution is -2.18. The van der Waals surface area contributed by atoms with Gasteiger partial charge in [0.1, 0.15) is 5.75 Å². The Labute approximate surface area is 219 Å². The van der Waals surface area contributed by atoms with Gasteiger partial charge in [-0.1, -0.05) is 66.7 Å². The molecule has 0 spiro atoms. The monoisotopic (exact) mass is 504 g/mol. The van der Waals surface area contributed by atoms with Gasteiger partial charge >= 0.3 is 5.97 Å². The molecule has 1 amide bonds. The molecular formula is C31H24N2O5. The average Bonchev–Trinajstić information content (AvgIpc) is 2.97. The van der Waals surface area contributed by atoms with Gasteiger partial charge in [-0.3, -0.25) is 4.79 Å². The lowest BCUT2D eigenvalue weighted by Gasteiger charge is -2.12. The van der Waals surface area contributed by atoms with E-state index in [-0.39, 0.29) is 5.91 Å². The Kier molecular flexibility index (Phi) is 6.99. The van der Waals surface area contributed by atoms with Crippen LogP contribution in [0.25, 0.3) is 21.5 Å². The Balaban J connectivity index is 1.44. The highest BCUT2D eigenvalue weighted by atomic mass is 16.5. The van der Waals surface area contributed by atoms with Gasteiger partial charge in [0, 0.05) is 11.1 Å². The van der Waals surface area contributed by atoms with Gasteiger partial charge in [0.05, 0.1) is 26.0 Å². The molecule has 0 aromatic heterocycles. The predicted octanol–water partition coefficient (Wildman–Crippen LogP) is 5.99. The summed E-state index contributed by atoms with van der Waals surface area (Å²) in [5.41, 5.74) is 3.96. The number of methoxy groups -OCH3 is 2. The summed E-state index contributed by atoms with van der Waals surface area (Å²) in [5, 5.41) is 7.75. The van der Waals surface area contributed by atoms with Crippen LogP contribution in [-0.4, -0.2) is 32.3 Å². The molecule has 0 aliphatic heterocycles. The van der Waals surface area contributed by atoms with Crippen molar-refractivity contribution in [2.75, 3.05) is 14.2 Å². The summed E-state index contributed by atoms with van der Waals surface area (Å²) in [6.45, 7) is 0. The van der Waals surface area contributed by atoms with Crippen molar-refractivity contribution in [2.45, 2.75) is 0 Å². The molecule has 0 unspecified atom stereocenters. The molecule has 0 aliphatic carbocycles. The third kappa shape index (κ3) is 4.90. The van der Waals surface area contributed by atoms with E-state index >= 15 is 0 Å². The molecular weight excluding hydrogens is 480 g/mol. The van der Waals surface area contributed by atoms with E-state index in [0.717, 1.165) is 21.5 Å². The first-order chi connectivity index (χ1) is 18.6. The summed E-state index contributed by atoms with van der Waals surface area (Å²) in [6.07, 6.45) is 1.49. The fourth-order valence-corrected chi connectivity index (χ4v) is 4.26. The second-order valence-electron chi connectivity index (χ2n) is 8.38. The molecule has 0 saturated heterocycles. The number of amides is 1. The molecule has 188 valence electrons. The van der Waals surface area contributed by atoms with Gasteiger partial charge in [-0.25, -0.2) is 10.2 Å². The number of benzene rings is 5. The van der Waals surface area contributed by atoms with Gasteiger partial charge in [0.15, 0.2) is 11.5 Å². The van der Waals surface area contributed by atoms with Crippen LogP contribution in [0.4, 0.5) is 0 Å². The first-order valence-electron chi connectivity index (χ1n) is 11.9. The third-order valence-electron chi connectivity index (χ3n) is 6.15. The topological polar surface area (TPSA) is 86.2 Å². The fraction of sp³-hybridized carbons (Fsp3) is 0.0645. The van der Waals surface area contributed by atoms with Gasteiger partial charge in [-0.05, 0) is 51.9 Å². The van der Waals surface area contributed by atoms with Crippen LogP contribution >= 0.6 is 0 Å². The van der Waals surface area contributed by atoms with Crippen LogP contribution in [0.5, 0.6) is 17.2 Å². The van der Waals surface area contributed by atoms with Crippen molar-refractivity contribution in [1.29, 1.82) is 0 Å². The first-order valence-corrected chi connectivity index (χ1v) is 11.9. The minimum atomic E-state index is -0.573. The van der Waals surface area contributed by atoms with Crippen LogP contribution in [0.15, 0.2) is 102 Å². The number of fused-ring (bicyclic) bond motifs is 2. The number of nitrogens with one attached hydrogen (secondary N) is 1. The van der Waals surface area contributed by atoms with Crippen molar-refractivity contribution in [3.8, 4) is 17.2 Å². The molecule has 0 fully saturated rings. The molecule has 7 nitrogen and oxygen atoms in total. The molecule has 38 heavy (non-hydrogen) atoms. The fourth-order valence-electron chi connectivity index (χ4n) is 4.26. The molecule has 5 aromatic rings. The highest BCUT2D eigenvalue weighted by Crippen LogP contribution is 2.30. The number of carbonyl (C=O) groups excluding carboxylic acids is 2. The van der Waals surface area contributed by atoms with Crippen LogP contribution < -0.4 is 19.6 Å². The molecule has 7 heteroatoms. The number of nitrogens with zero attached hydrogens (tertiary/aromatic N) is 1. The molecule has 0 atom stereocenters. The van der Waals surface area contributed by atoms with Gasteiger partial charge in [0.25, 0.3) is 5.91 Å². The summed E-state index contributed by atoms with van der Waals surface area (Å²) < 4.78 is 16.3. The summed E-state index contributed by atoms with van der Waals surface area (Å²) in [5.74, 6) is 0.299. The Morgan fingerprint density at radius 2 is 1.37 bits per heavy atom. The molecule has 1 N–H and O–H groups in total. The van der Waals surface area contributed by atoms with E-state index in [1.54, 1.807) is 30.3 Å². The van der Waals surface area contributed by atoms with Crippen molar-refractivity contribution in [3.05, 3.63) is 114 Å². The van der Waals surface area contributed by atoms with Crippen LogP contribution in [0.3, 0.4) is 0 Å². The first kappa shape index (κ1) is 24.5. The smallest absolute Gasteiger partial charge is 0.343 e.